The van der Waals surface area contributed by atoms with Crippen molar-refractivity contribution in [2.45, 2.75) is 26.8 Å². The highest BCUT2D eigenvalue weighted by Crippen LogP contribution is 2.32. The summed E-state index contributed by atoms with van der Waals surface area (Å²) < 4.78 is 34.1. The number of urea groups is 1. The summed E-state index contributed by atoms with van der Waals surface area (Å²) in [6.07, 6.45) is 3.25. The number of hydrogen-bond acceptors (Lipinski definition) is 5. The van der Waals surface area contributed by atoms with E-state index < -0.39 is 35.4 Å². The Labute approximate surface area is 207 Å². The average Bonchev–Trinajstić information content (AvgIpc) is 2.80. The number of pyridine rings is 1. The molecule has 1 heterocycles. The number of halogens is 3. The van der Waals surface area contributed by atoms with Gasteiger partial charge in [-0.05, 0) is 43.2 Å². The highest BCUT2D eigenvalue weighted by Gasteiger charge is 2.25. The van der Waals surface area contributed by atoms with E-state index >= 15 is 0 Å². The van der Waals surface area contributed by atoms with Crippen LogP contribution in [-0.2, 0) is 9.53 Å². The molecule has 1 aromatic heterocycles. The van der Waals surface area contributed by atoms with E-state index in [0.29, 0.717) is 10.5 Å². The number of para-hydroxylation sites is 1. The van der Waals surface area contributed by atoms with Gasteiger partial charge in [-0.2, -0.15) is 0 Å². The van der Waals surface area contributed by atoms with Gasteiger partial charge in [-0.25, -0.2) is 23.5 Å². The number of ether oxygens (including phenoxy) is 1. The summed E-state index contributed by atoms with van der Waals surface area (Å²) in [5.41, 5.74) is 11.4. The Morgan fingerprint density at radius 1 is 1.20 bits per heavy atom. The lowest BCUT2D eigenvalue weighted by Gasteiger charge is -2.22. The summed E-state index contributed by atoms with van der Waals surface area (Å²) in [5, 5.41) is 0.225. The first-order valence-corrected chi connectivity index (χ1v) is 11.0. The number of carbonyl (C=O) groups is 2. The Kier molecular flexibility index (Phi) is 9.68. The summed E-state index contributed by atoms with van der Waals surface area (Å²) in [5.74, 6) is -2.91. The van der Waals surface area contributed by atoms with E-state index in [1.165, 1.54) is 12.1 Å². The van der Waals surface area contributed by atoms with Gasteiger partial charge in [0.15, 0.2) is 0 Å². The molecule has 2 amide bonds. The van der Waals surface area contributed by atoms with Crippen molar-refractivity contribution >= 4 is 40.7 Å². The molecule has 0 radical (unpaired) electrons. The van der Waals surface area contributed by atoms with Gasteiger partial charge in [-0.15, -0.1) is 0 Å². The first-order valence-electron chi connectivity index (χ1n) is 10.6. The molecule has 0 unspecified atom stereocenters. The van der Waals surface area contributed by atoms with Gasteiger partial charge in [-0.3, -0.25) is 4.79 Å². The summed E-state index contributed by atoms with van der Waals surface area (Å²) in [6, 6.07) is 5.56. The zero-order valence-electron chi connectivity index (χ0n) is 19.6. The molecule has 0 fully saturated rings. The van der Waals surface area contributed by atoms with Gasteiger partial charge >= 0.3 is 12.0 Å². The Hall–Kier alpha value is -3.56. The van der Waals surface area contributed by atoms with Crippen molar-refractivity contribution in [1.82, 2.24) is 4.98 Å². The van der Waals surface area contributed by atoms with Crippen LogP contribution >= 0.6 is 11.6 Å². The Bertz CT molecular complexity index is 1160. The fourth-order valence-corrected chi connectivity index (χ4v) is 3.26. The Morgan fingerprint density at radius 3 is 2.34 bits per heavy atom. The van der Waals surface area contributed by atoms with Crippen molar-refractivity contribution in [3.63, 3.8) is 0 Å². The number of amides is 2. The van der Waals surface area contributed by atoms with Gasteiger partial charge < -0.3 is 16.2 Å². The summed E-state index contributed by atoms with van der Waals surface area (Å²) in [7, 11) is 0. The quantitative estimate of drug-likeness (QED) is 0.361. The van der Waals surface area contributed by atoms with E-state index in [4.69, 9.17) is 27.8 Å². The fourth-order valence-electron chi connectivity index (χ4n) is 2.97. The van der Waals surface area contributed by atoms with Crippen molar-refractivity contribution in [3.8, 4) is 0 Å². The first-order chi connectivity index (χ1) is 16.5. The maximum absolute atomic E-state index is 14.4. The minimum Gasteiger partial charge on any atom is -0.460 e. The monoisotopic (exact) mass is 504 g/mol. The van der Waals surface area contributed by atoms with Crippen LogP contribution in [0.1, 0.15) is 26.5 Å². The number of aromatic nitrogens is 1. The maximum atomic E-state index is 14.4. The molecule has 4 N–H and O–H groups in total. The number of nitrogens with zero attached hydrogens (tertiary/aromatic N) is 2. The lowest BCUT2D eigenvalue weighted by molar-refractivity contribution is -0.145. The molecular formula is C25H27ClF2N4O3. The molecule has 0 spiro atoms. The molecule has 2 aromatic rings. The number of rotatable bonds is 9. The number of anilines is 2. The highest BCUT2D eigenvalue weighted by atomic mass is 35.5. The largest absolute Gasteiger partial charge is 0.460 e. The minimum atomic E-state index is -1.15. The van der Waals surface area contributed by atoms with E-state index in [1.807, 2.05) is 0 Å². The predicted molar refractivity (Wildman–Crippen MR) is 133 cm³/mol. The predicted octanol–water partition coefficient (Wildman–Crippen LogP) is 5.19. The van der Waals surface area contributed by atoms with Crippen LogP contribution in [0.5, 0.6) is 0 Å². The van der Waals surface area contributed by atoms with E-state index in [9.17, 15) is 18.4 Å². The summed E-state index contributed by atoms with van der Waals surface area (Å²) >= 11 is 6.41. The van der Waals surface area contributed by atoms with E-state index in [2.05, 4.69) is 11.6 Å². The van der Waals surface area contributed by atoms with E-state index in [0.717, 1.165) is 18.2 Å². The van der Waals surface area contributed by atoms with Gasteiger partial charge in [0.2, 0.25) is 0 Å². The molecule has 1 atom stereocenters. The van der Waals surface area contributed by atoms with Gasteiger partial charge in [0, 0.05) is 16.2 Å². The smallest absolute Gasteiger partial charge is 0.325 e. The van der Waals surface area contributed by atoms with Crippen molar-refractivity contribution in [2.75, 3.05) is 11.5 Å². The number of benzene rings is 1. The van der Waals surface area contributed by atoms with Crippen molar-refractivity contribution in [3.05, 3.63) is 83.1 Å². The molecule has 186 valence electrons. The lowest BCUT2D eigenvalue weighted by atomic mass is 10.0. The number of allylic oxidation sites excluding steroid dienone is 3. The SMILES string of the molecule is C=C(/C(COC(=O)[C@@H](N)C(C)C)=C(Cl)\C=C/C)c1cccc(N(C(N)=O)c2c(F)cccc2F)n1. The van der Waals surface area contributed by atoms with Gasteiger partial charge in [0.1, 0.15) is 35.8 Å². The molecule has 0 aliphatic heterocycles. The van der Waals surface area contributed by atoms with Gasteiger partial charge in [0.05, 0.1) is 5.69 Å². The number of hydrogen-bond donors (Lipinski definition) is 2. The topological polar surface area (TPSA) is 112 Å². The first kappa shape index (κ1) is 27.7. The maximum Gasteiger partial charge on any atom is 0.325 e. The van der Waals surface area contributed by atoms with Crippen molar-refractivity contribution in [1.29, 1.82) is 0 Å². The molecule has 35 heavy (non-hydrogen) atoms. The fraction of sp³-hybridized carbons (Fsp3) is 0.240. The number of nitrogens with two attached hydrogens (primary N) is 2. The zero-order valence-corrected chi connectivity index (χ0v) is 20.4. The molecule has 0 aliphatic carbocycles. The van der Waals surface area contributed by atoms with Crippen LogP contribution in [0.2, 0.25) is 0 Å². The number of carbonyl (C=O) groups excluding carboxylic acids is 2. The second kappa shape index (κ2) is 12.2. The molecule has 1 aromatic carbocycles. The zero-order chi connectivity index (χ0) is 26.3. The highest BCUT2D eigenvalue weighted by molar-refractivity contribution is 6.32. The number of esters is 1. The third kappa shape index (κ3) is 6.74. The Balaban J connectivity index is 2.48. The normalized spacial score (nSPS) is 12.9. The van der Waals surface area contributed by atoms with E-state index in [1.54, 1.807) is 39.0 Å². The Morgan fingerprint density at radius 2 is 1.80 bits per heavy atom. The second-order valence-corrected chi connectivity index (χ2v) is 8.21. The molecule has 10 heteroatoms. The second-order valence-electron chi connectivity index (χ2n) is 7.81. The third-order valence-corrected chi connectivity index (χ3v) is 5.32. The molecule has 0 saturated carbocycles. The summed E-state index contributed by atoms with van der Waals surface area (Å²) in [6.45, 7) is 9.06. The molecule has 0 saturated heterocycles. The van der Waals surface area contributed by atoms with Crippen LogP contribution in [0.4, 0.5) is 25.1 Å². The van der Waals surface area contributed by atoms with Crippen LogP contribution in [0.3, 0.4) is 0 Å². The lowest BCUT2D eigenvalue weighted by Crippen LogP contribution is -2.37. The van der Waals surface area contributed by atoms with E-state index in [-0.39, 0.29) is 34.6 Å². The average molecular weight is 505 g/mol. The molecule has 0 aliphatic rings. The molecule has 2 rings (SSSR count). The van der Waals surface area contributed by atoms with Crippen molar-refractivity contribution in [2.24, 2.45) is 17.4 Å². The standard InChI is InChI=1S/C25H27ClF2N4O3/c1-5-8-17(26)16(13-35-24(33)22(29)14(2)3)15(4)20-11-7-12-21(31-20)32(25(30)34)23-18(27)9-6-10-19(23)28/h5-12,14,22H,4,13,29H2,1-3H3,(H2,30,34)/b8-5-,17-16+/t22-/m0/s1. The van der Waals surface area contributed by atoms with Crippen LogP contribution in [-0.4, -0.2) is 29.6 Å². The van der Waals surface area contributed by atoms with Crippen LogP contribution < -0.4 is 16.4 Å². The van der Waals surface area contributed by atoms with Crippen LogP contribution in [0.25, 0.3) is 5.57 Å². The third-order valence-electron chi connectivity index (χ3n) is 4.97. The molecule has 0 bridgehead atoms. The van der Waals surface area contributed by atoms with Gasteiger partial charge in [-0.1, -0.05) is 50.2 Å². The van der Waals surface area contributed by atoms with Crippen LogP contribution in [0, 0.1) is 17.6 Å². The van der Waals surface area contributed by atoms with Crippen LogP contribution in [0.15, 0.2) is 65.7 Å². The minimum absolute atomic E-state index is 0.138. The molecule has 7 nitrogen and oxygen atoms in total. The molecular weight excluding hydrogens is 478 g/mol. The van der Waals surface area contributed by atoms with Gasteiger partial charge in [0.25, 0.3) is 0 Å². The number of primary amides is 1. The van der Waals surface area contributed by atoms with Crippen molar-refractivity contribution < 1.29 is 23.1 Å². The summed E-state index contributed by atoms with van der Waals surface area (Å²) in [4.78, 5) is 29.3.